The monoisotopic (exact) mass is 1570 g/mol. The quantitative estimate of drug-likeness (QED) is 0.148. The number of hydrogen-bond acceptors (Lipinski definition) is 4. The van der Waals surface area contributed by atoms with Crippen LogP contribution in [0.25, 0.3) is 191 Å². The fourth-order valence-corrected chi connectivity index (χ4v) is 22.7. The number of thiophene rings is 4. The van der Waals surface area contributed by atoms with E-state index >= 15 is 0 Å². The predicted molar refractivity (Wildman–Crippen MR) is 503 cm³/mol. The van der Waals surface area contributed by atoms with Crippen LogP contribution in [0, 0.1) is 55.2 Å². The third-order valence-corrected chi connectivity index (χ3v) is 28.0. The zero-order valence-corrected chi connectivity index (χ0v) is 69.7. The Morgan fingerprint density at radius 2 is 0.612 bits per heavy atom. The minimum Gasteiger partial charge on any atom is -0.200 e. The van der Waals surface area contributed by atoms with Gasteiger partial charge in [-0.25, -0.2) is 0 Å². The minimum absolute atomic E-state index is 0.295. The maximum Gasteiger partial charge on any atom is 0.230 e. The van der Waals surface area contributed by atoms with E-state index in [-0.39, 0.29) is 0 Å². The van der Waals surface area contributed by atoms with Gasteiger partial charge in [0.05, 0.1) is 22.3 Å². The molecule has 0 unspecified atom stereocenters. The number of hydrogen-bond donors (Lipinski definition) is 0. The Morgan fingerprint density at radius 3 is 1.09 bits per heavy atom. The molecule has 0 amide bonds. The maximum atomic E-state index is 8.25. The third kappa shape index (κ3) is 13.1. The minimum atomic E-state index is -2.28. The van der Waals surface area contributed by atoms with Gasteiger partial charge >= 0.3 is 0 Å². The van der Waals surface area contributed by atoms with Crippen LogP contribution < -0.4 is 18.3 Å². The van der Waals surface area contributed by atoms with Crippen molar-refractivity contribution in [2.24, 2.45) is 28.2 Å². The maximum absolute atomic E-state index is 8.25. The van der Waals surface area contributed by atoms with Crippen LogP contribution in [0.5, 0.6) is 0 Å². The second-order valence-corrected chi connectivity index (χ2v) is 35.2. The molecule has 560 valence electrons. The first kappa shape index (κ1) is 67.0. The summed E-state index contributed by atoms with van der Waals surface area (Å²) in [5.74, 6) is 0. The molecule has 0 radical (unpaired) electrons. The Kier molecular flexibility index (Phi) is 17.4. The predicted octanol–water partition coefficient (Wildman–Crippen LogP) is 28.6. The van der Waals surface area contributed by atoms with Crippen LogP contribution in [0.1, 0.15) is 52.7 Å². The van der Waals surface area contributed by atoms with Gasteiger partial charge in [-0.3, -0.25) is 0 Å². The highest BCUT2D eigenvalue weighted by atomic mass is 32.1. The van der Waals surface area contributed by atoms with Crippen molar-refractivity contribution < 1.29 is 26.5 Å². The van der Waals surface area contributed by atoms with Crippen LogP contribution in [0.4, 0.5) is 0 Å². The lowest BCUT2D eigenvalue weighted by Crippen LogP contribution is -2.31. The van der Waals surface area contributed by atoms with Crippen LogP contribution in [-0.2, 0) is 28.2 Å². The Morgan fingerprint density at radius 1 is 0.233 bits per heavy atom. The first-order valence-corrected chi connectivity index (χ1v) is 42.7. The molecule has 22 rings (SSSR count). The molecule has 116 heavy (non-hydrogen) atoms. The van der Waals surface area contributed by atoms with Crippen LogP contribution in [-0.4, -0.2) is 0 Å². The molecule has 0 fully saturated rings. The molecule has 8 heteroatoms. The second kappa shape index (κ2) is 30.1. The molecule has 8 heterocycles. The number of rotatable bonds is 6. The van der Waals surface area contributed by atoms with Crippen molar-refractivity contribution in [1.29, 1.82) is 0 Å². The third-order valence-electron chi connectivity index (χ3n) is 23.3. The Bertz CT molecular complexity index is 7990. The molecule has 0 aliphatic heterocycles. The fourth-order valence-electron chi connectivity index (χ4n) is 17.4. The average molecular weight is 1580 g/mol. The molecule has 0 saturated heterocycles. The van der Waals surface area contributed by atoms with Gasteiger partial charge in [-0.15, -0.1) is 45.3 Å². The smallest absolute Gasteiger partial charge is 0.200 e. The molecule has 0 aliphatic rings. The molecule has 0 aliphatic carbocycles. The number of pyridine rings is 4. The van der Waals surface area contributed by atoms with Gasteiger partial charge in [0.2, 0.25) is 22.8 Å². The van der Waals surface area contributed by atoms with Crippen molar-refractivity contribution in [2.45, 2.75) is 55.2 Å². The summed E-state index contributed by atoms with van der Waals surface area (Å²) in [7, 11) is 8.30. The summed E-state index contributed by atoms with van der Waals surface area (Å²) in [5, 5.41) is 19.9. The summed E-state index contributed by atoms with van der Waals surface area (Å²) in [6.07, 6.45) is 8.31. The Labute approximate surface area is 701 Å². The zero-order valence-electron chi connectivity index (χ0n) is 72.4. The lowest BCUT2D eigenvalue weighted by atomic mass is 9.97. The van der Waals surface area contributed by atoms with Crippen molar-refractivity contribution in [2.75, 3.05) is 0 Å². The molecule has 14 aromatic carbocycles. The lowest BCUT2D eigenvalue weighted by Gasteiger charge is -2.08. The zero-order chi connectivity index (χ0) is 84.3. The van der Waals surface area contributed by atoms with Crippen LogP contribution in [0.2, 0.25) is 0 Å². The normalized spacial score (nSPS) is 12.6. The van der Waals surface area contributed by atoms with E-state index in [1.807, 2.05) is 82.9 Å². The molecule has 22 aromatic rings. The van der Waals surface area contributed by atoms with Gasteiger partial charge in [0.25, 0.3) is 0 Å². The fraction of sp³-hybridized carbons (Fsp3) is 0.111. The highest BCUT2D eigenvalue weighted by molar-refractivity contribution is 7.27. The summed E-state index contributed by atoms with van der Waals surface area (Å²) >= 11 is 7.29. The van der Waals surface area contributed by atoms with Crippen LogP contribution >= 0.6 is 45.3 Å². The van der Waals surface area contributed by atoms with E-state index in [9.17, 15) is 0 Å². The largest absolute Gasteiger partial charge is 0.230 e. The van der Waals surface area contributed by atoms with Crippen molar-refractivity contribution in [1.82, 2.24) is 0 Å². The molecule has 4 nitrogen and oxygen atoms in total. The van der Waals surface area contributed by atoms with E-state index in [1.165, 1.54) is 177 Å². The molecule has 8 aromatic heterocycles. The van der Waals surface area contributed by atoms with Crippen molar-refractivity contribution >= 4 is 169 Å². The SMILES string of the molecule is Cc1ccc(-c2ccc3c(ccc4sc5c(-c6ccccc6C)[n+](C)ccc5c43)c2)cc1.Cc1ccc2c(ccc3sc4c(-c5ccccc5C)[n+](C)ccc4c32)c1.Cc1ccccc1-c1c2sc3ccc4cc(-c5ccccc5)ccc4c3c2cc[n+]1C.[2H]C([2H])([2H])c1ccc(-c2c3sc4ccc5ccccc5c4c3c(C([2H])([2H])[2H])c[n+]2C)c(C)c1. The number of nitrogens with zero attached hydrogens (tertiary/aromatic N) is 4. The van der Waals surface area contributed by atoms with Crippen molar-refractivity contribution in [3.63, 3.8) is 0 Å². The molecule has 0 bridgehead atoms. The standard InChI is InChI=1S/C30H24NS.C29H22NS.C25H22NS.C24H20NS/c1-19-8-10-21(11-9-19)22-12-14-25-23(18-22)13-15-27-28(25)26-16-17-31(3)29(30(26)32-27)24-7-5-4-6-20(24)2;1-19-8-6-7-11-23(19)28-29-25(16-17-30(28)2)27-24-14-12-21(20-9-4-3-5-10-20)18-22(24)13-15-26(27)31-29;1-15-9-11-19(16(2)13-15)24-25-22(17(3)14-26(24)4)23-20-8-6-5-7-18(20)10-12-21(23)27-25;1-15-8-10-19-17(14-15)9-11-21-22(19)20-12-13-25(3)23(24(20)26-21)18-7-5-4-6-16(18)2/h4-18H,1-3H3;3-18H,1-2H3;5-14H,1-4H3;4-14H,1-3H3/q4*+1/i;;1D3,3D3;. The van der Waals surface area contributed by atoms with Crippen LogP contribution in [0.3, 0.4) is 0 Å². The van der Waals surface area contributed by atoms with Crippen molar-refractivity contribution in [3.8, 4) is 67.3 Å². The summed E-state index contributed by atoms with van der Waals surface area (Å²) in [4.78, 5) is 0. The van der Waals surface area contributed by atoms with Crippen molar-refractivity contribution in [3.05, 3.63) is 360 Å². The van der Waals surface area contributed by atoms with E-state index in [1.54, 1.807) is 29.7 Å². The van der Waals surface area contributed by atoms with Gasteiger partial charge in [0.1, 0.15) is 47.0 Å². The van der Waals surface area contributed by atoms with E-state index in [0.29, 0.717) is 11.1 Å². The van der Waals surface area contributed by atoms with E-state index in [4.69, 9.17) is 8.22 Å². The number of aryl methyl sites for hydroxylation is 12. The highest BCUT2D eigenvalue weighted by Gasteiger charge is 2.28. The van der Waals surface area contributed by atoms with Gasteiger partial charge in [0.15, 0.2) is 24.8 Å². The van der Waals surface area contributed by atoms with Gasteiger partial charge in [0, 0.05) is 93.9 Å². The Hall–Kier alpha value is -12.4. The molecule has 0 N–H and O–H groups in total. The van der Waals surface area contributed by atoms with E-state index in [2.05, 4.69) is 337 Å². The molecule has 0 spiro atoms. The number of fused-ring (bicyclic) bond motifs is 20. The molecular weight excluding hydrogens is 1480 g/mol. The number of aromatic nitrogens is 4. The van der Waals surface area contributed by atoms with Gasteiger partial charge in [-0.1, -0.05) is 229 Å². The molecule has 0 atom stereocenters. The highest BCUT2D eigenvalue weighted by Crippen LogP contribution is 2.48. The van der Waals surface area contributed by atoms with E-state index in [0.717, 1.165) is 47.8 Å². The van der Waals surface area contributed by atoms with Gasteiger partial charge < -0.3 is 0 Å². The second-order valence-electron chi connectivity index (χ2n) is 30.9. The average Bonchev–Trinajstić information content (AvgIpc) is 1.58. The first-order valence-electron chi connectivity index (χ1n) is 42.4. The number of benzene rings is 14. The summed E-state index contributed by atoms with van der Waals surface area (Å²) < 4.78 is 66.6. The molecular formula is C108H88N4S4+4. The van der Waals surface area contributed by atoms with E-state index < -0.39 is 13.7 Å². The summed E-state index contributed by atoms with van der Waals surface area (Å²) in [5.41, 5.74) is 22.6. The Balaban J connectivity index is 0.000000107. The van der Waals surface area contributed by atoms with Gasteiger partial charge in [-0.05, 0) is 204 Å². The van der Waals surface area contributed by atoms with Gasteiger partial charge in [-0.2, -0.15) is 18.3 Å². The lowest BCUT2D eigenvalue weighted by molar-refractivity contribution is -0.659. The summed E-state index contributed by atoms with van der Waals surface area (Å²) in [6, 6.07) is 104. The van der Waals surface area contributed by atoms with Crippen LogP contribution in [0.15, 0.2) is 316 Å². The topological polar surface area (TPSA) is 15.5 Å². The first-order chi connectivity index (χ1) is 58.9. The molecule has 0 saturated carbocycles. The summed E-state index contributed by atoms with van der Waals surface area (Å²) in [6.45, 7) is 8.32.